The zero-order chi connectivity index (χ0) is 20.9. The van der Waals surface area contributed by atoms with Gasteiger partial charge in [0.05, 0.1) is 16.7 Å². The Morgan fingerprint density at radius 1 is 0.929 bits per heavy atom. The summed E-state index contributed by atoms with van der Waals surface area (Å²) in [5.41, 5.74) is 0.596. The summed E-state index contributed by atoms with van der Waals surface area (Å²) in [5, 5.41) is 2.47. The quantitative estimate of drug-likeness (QED) is 0.636. The molecule has 0 aliphatic rings. The second-order valence-electron chi connectivity index (χ2n) is 5.88. The molecule has 28 heavy (non-hydrogen) atoms. The lowest BCUT2D eigenvalue weighted by Crippen LogP contribution is -2.21. The number of hydrogen-bond donors (Lipinski definition) is 2. The lowest BCUT2D eigenvalue weighted by atomic mass is 10.2. The largest absolute Gasteiger partial charge is 0.452 e. The monoisotopic (exact) mass is 426 g/mol. The molecule has 0 spiro atoms. The highest BCUT2D eigenvalue weighted by Crippen LogP contribution is 2.15. The first-order valence-electron chi connectivity index (χ1n) is 7.79. The summed E-state index contributed by atoms with van der Waals surface area (Å²) in [6.07, 6.45) is 2.05. The van der Waals surface area contributed by atoms with Gasteiger partial charge in [0, 0.05) is 17.6 Å². The van der Waals surface area contributed by atoms with Gasteiger partial charge in [-0.3, -0.25) is 9.52 Å². The second-order valence-corrected chi connectivity index (χ2v) is 9.64. The van der Waals surface area contributed by atoms with Gasteiger partial charge in [-0.05, 0) is 42.5 Å². The predicted octanol–water partition coefficient (Wildman–Crippen LogP) is 1.26. The first-order valence-corrected chi connectivity index (χ1v) is 11.6. The Balaban J connectivity index is 1.94. The van der Waals surface area contributed by atoms with Gasteiger partial charge in [0.2, 0.25) is 10.0 Å². The molecule has 0 saturated heterocycles. The van der Waals surface area contributed by atoms with Crippen molar-refractivity contribution in [3.05, 3.63) is 54.1 Å². The Morgan fingerprint density at radius 3 is 2.14 bits per heavy atom. The van der Waals surface area contributed by atoms with Crippen molar-refractivity contribution in [2.45, 2.75) is 4.90 Å². The molecule has 2 rings (SSSR count). The summed E-state index contributed by atoms with van der Waals surface area (Å²) in [7, 11) is -6.84. The fraction of sp³-hybridized carbons (Fsp3) is 0.176. The molecular formula is C17H18N2O7S2. The number of sulfone groups is 1. The third kappa shape index (κ3) is 6.67. The number of amides is 1. The van der Waals surface area contributed by atoms with Crippen LogP contribution in [0.3, 0.4) is 0 Å². The summed E-state index contributed by atoms with van der Waals surface area (Å²) in [4.78, 5) is 24.0. The maximum atomic E-state index is 12.0. The van der Waals surface area contributed by atoms with E-state index in [9.17, 15) is 26.4 Å². The molecule has 0 aromatic heterocycles. The smallest absolute Gasteiger partial charge is 0.338 e. The van der Waals surface area contributed by atoms with Gasteiger partial charge in [-0.2, -0.15) is 0 Å². The molecule has 9 nitrogen and oxygen atoms in total. The number of sulfonamides is 1. The number of rotatable bonds is 7. The van der Waals surface area contributed by atoms with Crippen LogP contribution in [0.4, 0.5) is 11.4 Å². The molecule has 0 aliphatic carbocycles. The van der Waals surface area contributed by atoms with Crippen molar-refractivity contribution < 1.29 is 31.2 Å². The summed E-state index contributed by atoms with van der Waals surface area (Å²) < 4.78 is 52.4. The van der Waals surface area contributed by atoms with Gasteiger partial charge in [0.15, 0.2) is 16.4 Å². The van der Waals surface area contributed by atoms with E-state index in [-0.39, 0.29) is 16.1 Å². The number of nitrogens with one attached hydrogen (secondary N) is 2. The lowest BCUT2D eigenvalue weighted by molar-refractivity contribution is -0.119. The number of anilines is 2. The van der Waals surface area contributed by atoms with Crippen molar-refractivity contribution in [3.63, 3.8) is 0 Å². The molecule has 0 bridgehead atoms. The molecule has 0 fully saturated rings. The molecule has 0 heterocycles. The second kappa shape index (κ2) is 8.40. The van der Waals surface area contributed by atoms with E-state index < -0.39 is 38.3 Å². The maximum Gasteiger partial charge on any atom is 0.338 e. The number of esters is 1. The van der Waals surface area contributed by atoms with E-state index in [2.05, 4.69) is 10.0 Å². The molecule has 150 valence electrons. The number of carbonyl (C=O) groups is 2. The molecule has 2 N–H and O–H groups in total. The van der Waals surface area contributed by atoms with Gasteiger partial charge in [0.25, 0.3) is 5.91 Å². The summed E-state index contributed by atoms with van der Waals surface area (Å²) >= 11 is 0. The van der Waals surface area contributed by atoms with Crippen molar-refractivity contribution in [1.29, 1.82) is 0 Å². The predicted molar refractivity (Wildman–Crippen MR) is 103 cm³/mol. The van der Waals surface area contributed by atoms with Gasteiger partial charge in [-0.25, -0.2) is 21.6 Å². The molecule has 0 radical (unpaired) electrons. The maximum absolute atomic E-state index is 12.0. The fourth-order valence-corrected chi connectivity index (χ4v) is 3.31. The molecule has 0 saturated carbocycles. The normalized spacial score (nSPS) is 11.5. The van der Waals surface area contributed by atoms with E-state index in [1.807, 2.05) is 0 Å². The average Bonchev–Trinajstić information content (AvgIpc) is 2.58. The zero-order valence-electron chi connectivity index (χ0n) is 15.0. The highest BCUT2D eigenvalue weighted by Gasteiger charge is 2.13. The highest BCUT2D eigenvalue weighted by molar-refractivity contribution is 7.92. The SMILES string of the molecule is CS(=O)(=O)Nc1cccc(C(=O)OCC(=O)Nc2ccc(S(C)(=O)=O)cc2)c1. The van der Waals surface area contributed by atoms with E-state index in [1.54, 1.807) is 0 Å². The summed E-state index contributed by atoms with van der Waals surface area (Å²) in [6.45, 7) is -0.573. The van der Waals surface area contributed by atoms with Gasteiger partial charge >= 0.3 is 5.97 Å². The Kier molecular flexibility index (Phi) is 6.41. The standard InChI is InChI=1S/C17H18N2O7S2/c1-27(22,23)15-8-6-13(7-9-15)18-16(20)11-26-17(21)12-4-3-5-14(10-12)19-28(2,24)25/h3-10,19H,11H2,1-2H3,(H,18,20). The lowest BCUT2D eigenvalue weighted by Gasteiger charge is -2.08. The molecule has 0 aliphatic heterocycles. The number of ether oxygens (including phenoxy) is 1. The van der Waals surface area contributed by atoms with Crippen LogP contribution in [0.15, 0.2) is 53.4 Å². The fourth-order valence-electron chi connectivity index (χ4n) is 2.12. The van der Waals surface area contributed by atoms with Crippen LogP contribution in [-0.2, 0) is 29.4 Å². The number of hydrogen-bond acceptors (Lipinski definition) is 7. The van der Waals surface area contributed by atoms with Crippen LogP contribution in [0.25, 0.3) is 0 Å². The third-order valence-corrected chi connectivity index (χ3v) is 5.04. The van der Waals surface area contributed by atoms with Crippen LogP contribution in [-0.4, -0.2) is 47.8 Å². The van der Waals surface area contributed by atoms with Crippen molar-refractivity contribution >= 4 is 43.1 Å². The van der Waals surface area contributed by atoms with E-state index in [0.29, 0.717) is 5.69 Å². The zero-order valence-corrected chi connectivity index (χ0v) is 16.6. The first kappa shape index (κ1) is 21.4. The molecule has 2 aromatic rings. The Bertz CT molecular complexity index is 1090. The van der Waals surface area contributed by atoms with Crippen LogP contribution in [0.1, 0.15) is 10.4 Å². The van der Waals surface area contributed by atoms with Crippen molar-refractivity contribution in [3.8, 4) is 0 Å². The van der Waals surface area contributed by atoms with Crippen LogP contribution < -0.4 is 10.0 Å². The molecule has 1 amide bonds. The van der Waals surface area contributed by atoms with Gasteiger partial charge in [-0.15, -0.1) is 0 Å². The van der Waals surface area contributed by atoms with E-state index in [0.717, 1.165) is 12.5 Å². The average molecular weight is 426 g/mol. The Morgan fingerprint density at radius 2 is 1.57 bits per heavy atom. The van der Waals surface area contributed by atoms with E-state index >= 15 is 0 Å². The Hall–Kier alpha value is -2.92. The third-order valence-electron chi connectivity index (χ3n) is 3.30. The summed E-state index contributed by atoms with van der Waals surface area (Å²) in [5.74, 6) is -1.43. The first-order chi connectivity index (χ1) is 12.9. The topological polar surface area (TPSA) is 136 Å². The minimum atomic E-state index is -3.50. The van der Waals surface area contributed by atoms with Crippen LogP contribution in [0, 0.1) is 0 Å². The minimum Gasteiger partial charge on any atom is -0.452 e. The molecule has 2 aromatic carbocycles. The van der Waals surface area contributed by atoms with Crippen LogP contribution in [0.2, 0.25) is 0 Å². The van der Waals surface area contributed by atoms with Crippen molar-refractivity contribution in [2.24, 2.45) is 0 Å². The number of benzene rings is 2. The Labute approximate surface area is 162 Å². The van der Waals surface area contributed by atoms with Crippen LogP contribution in [0.5, 0.6) is 0 Å². The molecule has 0 atom stereocenters. The minimum absolute atomic E-state index is 0.0685. The number of carbonyl (C=O) groups excluding carboxylic acids is 2. The highest BCUT2D eigenvalue weighted by atomic mass is 32.2. The van der Waals surface area contributed by atoms with E-state index in [4.69, 9.17) is 4.74 Å². The van der Waals surface area contributed by atoms with Crippen molar-refractivity contribution in [2.75, 3.05) is 29.2 Å². The molecular weight excluding hydrogens is 408 g/mol. The van der Waals surface area contributed by atoms with Gasteiger partial charge in [0.1, 0.15) is 0 Å². The van der Waals surface area contributed by atoms with Crippen LogP contribution >= 0.6 is 0 Å². The molecule has 0 unspecified atom stereocenters. The van der Waals surface area contributed by atoms with Gasteiger partial charge in [-0.1, -0.05) is 6.07 Å². The summed E-state index contributed by atoms with van der Waals surface area (Å²) in [6, 6.07) is 11.1. The molecule has 11 heteroatoms. The van der Waals surface area contributed by atoms with Crippen molar-refractivity contribution in [1.82, 2.24) is 0 Å². The van der Waals surface area contributed by atoms with Gasteiger partial charge < -0.3 is 10.1 Å². The van der Waals surface area contributed by atoms with E-state index in [1.165, 1.54) is 48.5 Å².